The molecular formula is C23H24F2O4S. The largest absolute Gasteiger partial charge is 0.481 e. The molecule has 30 heavy (non-hydrogen) atoms. The van der Waals surface area contributed by atoms with E-state index >= 15 is 0 Å². The number of carboxylic acid groups (broad SMARTS) is 1. The number of aliphatic hydroxyl groups is 1. The monoisotopic (exact) mass is 434 g/mol. The standard InChI is InChI=1S/C23H24F2O4S/c24-23(25)14-19(27)16(17(23)8-3-1-2-4-10-22(28)29)11-12-18(26)21-13-15-7-5-6-9-20(15)30-21/h1,3,5-7,9,11,13,17-18,26H,2,4,8,10,12,14H2,(H,28,29)/t17-,18-/m1/s1. The molecule has 2 N–H and O–H groups in total. The van der Waals surface area contributed by atoms with Gasteiger partial charge in [-0.15, -0.1) is 11.3 Å². The van der Waals surface area contributed by atoms with E-state index in [0.717, 1.165) is 15.0 Å². The SMILES string of the molecule is O=C(O)CCCC=CC[C@@H]1C(=CC[C@@H](O)c2cc3ccccc3s2)C(=O)CC1(F)F. The van der Waals surface area contributed by atoms with Crippen molar-refractivity contribution in [1.29, 1.82) is 0 Å². The Labute approximate surface area is 177 Å². The van der Waals surface area contributed by atoms with Gasteiger partial charge in [-0.2, -0.15) is 0 Å². The van der Waals surface area contributed by atoms with E-state index in [4.69, 9.17) is 5.11 Å². The zero-order chi connectivity index (χ0) is 21.7. The topological polar surface area (TPSA) is 74.6 Å². The van der Waals surface area contributed by atoms with Crippen LogP contribution in [0, 0.1) is 5.92 Å². The van der Waals surface area contributed by atoms with Gasteiger partial charge in [0.15, 0.2) is 5.78 Å². The van der Waals surface area contributed by atoms with Gasteiger partial charge in [-0.05, 0) is 43.2 Å². The number of carbonyl (C=O) groups excluding carboxylic acids is 1. The molecule has 0 bridgehead atoms. The summed E-state index contributed by atoms with van der Waals surface area (Å²) in [7, 11) is 0. The molecule has 0 saturated heterocycles. The van der Waals surface area contributed by atoms with Crippen LogP contribution in [0.5, 0.6) is 0 Å². The van der Waals surface area contributed by atoms with Gasteiger partial charge in [-0.3, -0.25) is 9.59 Å². The van der Waals surface area contributed by atoms with E-state index in [1.54, 1.807) is 12.2 Å². The number of Topliss-reactive ketones (excluding diaryl/α,β-unsaturated/α-hetero) is 1. The van der Waals surface area contributed by atoms with Crippen molar-refractivity contribution >= 4 is 33.2 Å². The number of fused-ring (bicyclic) bond motifs is 1. The number of benzene rings is 1. The fraction of sp³-hybridized carbons (Fsp3) is 0.391. The van der Waals surface area contributed by atoms with Crippen LogP contribution in [0.2, 0.25) is 0 Å². The van der Waals surface area contributed by atoms with Crippen LogP contribution in [0.1, 0.15) is 49.5 Å². The summed E-state index contributed by atoms with van der Waals surface area (Å²) in [5.74, 6) is -5.79. The summed E-state index contributed by atoms with van der Waals surface area (Å²) in [4.78, 5) is 23.4. The molecule has 0 radical (unpaired) electrons. The van der Waals surface area contributed by atoms with Gasteiger partial charge in [0.05, 0.1) is 18.4 Å². The molecule has 2 atom stereocenters. The smallest absolute Gasteiger partial charge is 0.303 e. The van der Waals surface area contributed by atoms with Gasteiger partial charge in [0.2, 0.25) is 0 Å². The number of aliphatic hydroxyl groups excluding tert-OH is 1. The lowest BCUT2D eigenvalue weighted by Gasteiger charge is -2.17. The Morgan fingerprint density at radius 3 is 2.80 bits per heavy atom. The maximum Gasteiger partial charge on any atom is 0.303 e. The highest BCUT2D eigenvalue weighted by molar-refractivity contribution is 7.19. The van der Waals surface area contributed by atoms with Crippen LogP contribution in [0.15, 0.2) is 54.1 Å². The van der Waals surface area contributed by atoms with E-state index in [1.807, 2.05) is 30.3 Å². The molecule has 1 aliphatic carbocycles. The first-order chi connectivity index (χ1) is 14.3. The van der Waals surface area contributed by atoms with Crippen LogP contribution in [0.25, 0.3) is 10.1 Å². The molecule has 4 nitrogen and oxygen atoms in total. The quantitative estimate of drug-likeness (QED) is 0.303. The predicted octanol–water partition coefficient (Wildman–Crippen LogP) is 5.68. The number of unbranched alkanes of at least 4 members (excludes halogenated alkanes) is 1. The van der Waals surface area contributed by atoms with Gasteiger partial charge in [-0.1, -0.05) is 36.4 Å². The van der Waals surface area contributed by atoms with Crippen molar-refractivity contribution in [1.82, 2.24) is 0 Å². The van der Waals surface area contributed by atoms with E-state index < -0.39 is 36.1 Å². The zero-order valence-corrected chi connectivity index (χ0v) is 17.2. The molecule has 0 unspecified atom stereocenters. The van der Waals surface area contributed by atoms with Crippen molar-refractivity contribution in [3.05, 3.63) is 59.0 Å². The maximum absolute atomic E-state index is 14.3. The molecule has 0 amide bonds. The Morgan fingerprint density at radius 2 is 2.07 bits per heavy atom. The summed E-state index contributed by atoms with van der Waals surface area (Å²) in [6.07, 6.45) is 4.14. The third-order valence-corrected chi connectivity index (χ3v) is 6.45. The molecule has 3 rings (SSSR count). The molecule has 160 valence electrons. The van der Waals surface area contributed by atoms with Crippen LogP contribution >= 0.6 is 11.3 Å². The minimum Gasteiger partial charge on any atom is -0.481 e. The Kier molecular flexibility index (Phi) is 7.15. The van der Waals surface area contributed by atoms with Crippen LogP contribution in [0.3, 0.4) is 0 Å². The highest BCUT2D eigenvalue weighted by Crippen LogP contribution is 2.44. The summed E-state index contributed by atoms with van der Waals surface area (Å²) in [5, 5.41) is 20.1. The van der Waals surface area contributed by atoms with Crippen LogP contribution in [0.4, 0.5) is 8.78 Å². The summed E-state index contributed by atoms with van der Waals surface area (Å²) in [5.41, 5.74) is 0.0790. The van der Waals surface area contributed by atoms with Crippen LogP contribution < -0.4 is 0 Å². The molecular weight excluding hydrogens is 410 g/mol. The molecule has 1 aromatic carbocycles. The summed E-state index contributed by atoms with van der Waals surface area (Å²) in [6, 6.07) is 9.60. The van der Waals surface area contributed by atoms with Gasteiger partial charge < -0.3 is 10.2 Å². The van der Waals surface area contributed by atoms with Crippen LogP contribution in [-0.4, -0.2) is 27.9 Å². The van der Waals surface area contributed by atoms with Crippen molar-refractivity contribution in [2.75, 3.05) is 0 Å². The molecule has 0 aliphatic heterocycles. The summed E-state index contributed by atoms with van der Waals surface area (Å²) < 4.78 is 29.7. The minimum absolute atomic E-state index is 0.0105. The Bertz CT molecular complexity index is 943. The first-order valence-electron chi connectivity index (χ1n) is 9.92. The van der Waals surface area contributed by atoms with Gasteiger partial charge >= 0.3 is 5.97 Å². The molecule has 1 heterocycles. The third-order valence-electron chi connectivity index (χ3n) is 5.24. The second-order valence-electron chi connectivity index (χ2n) is 7.50. The Morgan fingerprint density at radius 1 is 1.30 bits per heavy atom. The molecule has 0 spiro atoms. The van der Waals surface area contributed by atoms with Crippen molar-refractivity contribution in [3.8, 4) is 0 Å². The maximum atomic E-state index is 14.3. The molecule has 7 heteroatoms. The summed E-state index contributed by atoms with van der Waals surface area (Å²) >= 11 is 1.45. The molecule has 1 saturated carbocycles. The number of carboxylic acids is 1. The van der Waals surface area contributed by atoms with Gasteiger partial charge in [-0.25, -0.2) is 8.78 Å². The number of aliphatic carboxylic acids is 1. The predicted molar refractivity (Wildman–Crippen MR) is 113 cm³/mol. The van der Waals surface area contributed by atoms with E-state index in [1.165, 1.54) is 17.4 Å². The lowest BCUT2D eigenvalue weighted by Crippen LogP contribution is -2.22. The number of hydrogen-bond acceptors (Lipinski definition) is 4. The fourth-order valence-corrected chi connectivity index (χ4v) is 4.72. The van der Waals surface area contributed by atoms with Crippen molar-refractivity contribution in [2.45, 2.75) is 50.6 Å². The third kappa shape index (κ3) is 5.40. The minimum atomic E-state index is -3.11. The van der Waals surface area contributed by atoms with E-state index in [-0.39, 0.29) is 24.8 Å². The lowest BCUT2D eigenvalue weighted by molar-refractivity contribution is -0.137. The van der Waals surface area contributed by atoms with Crippen molar-refractivity contribution in [2.24, 2.45) is 5.92 Å². The average molecular weight is 435 g/mol. The average Bonchev–Trinajstić information content (AvgIpc) is 3.20. The fourth-order valence-electron chi connectivity index (χ4n) is 3.66. The molecule has 1 aliphatic rings. The number of alkyl halides is 2. The number of hydrogen-bond donors (Lipinski definition) is 2. The first-order valence-corrected chi connectivity index (χ1v) is 10.7. The number of carbonyl (C=O) groups is 2. The highest BCUT2D eigenvalue weighted by atomic mass is 32.1. The van der Waals surface area contributed by atoms with E-state index in [9.17, 15) is 23.5 Å². The summed E-state index contributed by atoms with van der Waals surface area (Å²) in [6.45, 7) is 0. The number of ketones is 1. The highest BCUT2D eigenvalue weighted by Gasteiger charge is 2.50. The lowest BCUT2D eigenvalue weighted by atomic mass is 9.94. The Hall–Kier alpha value is -2.38. The van der Waals surface area contributed by atoms with E-state index in [2.05, 4.69) is 0 Å². The van der Waals surface area contributed by atoms with Gasteiger partial charge in [0.25, 0.3) is 5.92 Å². The van der Waals surface area contributed by atoms with Crippen LogP contribution in [-0.2, 0) is 9.59 Å². The first kappa shape index (κ1) is 22.3. The Balaban J connectivity index is 1.66. The van der Waals surface area contributed by atoms with Crippen molar-refractivity contribution in [3.63, 3.8) is 0 Å². The number of rotatable bonds is 9. The zero-order valence-electron chi connectivity index (χ0n) is 16.4. The number of halogens is 2. The van der Waals surface area contributed by atoms with Gasteiger partial charge in [0, 0.05) is 21.6 Å². The molecule has 1 aromatic heterocycles. The normalized spacial score (nSPS) is 21.1. The number of allylic oxidation sites excluding steroid dienone is 3. The second-order valence-corrected chi connectivity index (χ2v) is 8.62. The molecule has 1 fully saturated rings. The van der Waals surface area contributed by atoms with Crippen molar-refractivity contribution < 1.29 is 28.6 Å². The van der Waals surface area contributed by atoms with Gasteiger partial charge in [0.1, 0.15) is 0 Å². The number of thiophene rings is 1. The second kappa shape index (κ2) is 9.62. The molecule has 2 aromatic rings. The van der Waals surface area contributed by atoms with E-state index in [0.29, 0.717) is 12.8 Å².